The van der Waals surface area contributed by atoms with Gasteiger partial charge in [0.05, 0.1) is 0 Å². The monoisotopic (exact) mass is 360 g/mol. The van der Waals surface area contributed by atoms with Gasteiger partial charge in [-0.25, -0.2) is 18.1 Å². The van der Waals surface area contributed by atoms with Crippen LogP contribution in [-0.4, -0.2) is 68.0 Å². The molecule has 1 aromatic heterocycles. The first kappa shape index (κ1) is 18.6. The Morgan fingerprint density at radius 1 is 1.26 bits per heavy atom. The van der Waals surface area contributed by atoms with Crippen molar-refractivity contribution < 1.29 is 8.42 Å². The molecule has 130 valence electrons. The fraction of sp³-hybridized carbons (Fsp3) is 0.667. The summed E-state index contributed by atoms with van der Waals surface area (Å²) < 4.78 is 27.4. The van der Waals surface area contributed by atoms with E-state index >= 15 is 0 Å². The van der Waals surface area contributed by atoms with Crippen LogP contribution in [0, 0.1) is 0 Å². The second kappa shape index (κ2) is 7.44. The van der Waals surface area contributed by atoms with Crippen molar-refractivity contribution in [2.75, 3.05) is 39.3 Å². The van der Waals surface area contributed by atoms with Gasteiger partial charge in [-0.15, -0.1) is 0 Å². The van der Waals surface area contributed by atoms with E-state index in [0.717, 1.165) is 32.7 Å². The number of hydrogen-bond donors (Lipinski definition) is 1. The Hall–Kier alpha value is -0.730. The molecule has 0 radical (unpaired) electrons. The normalized spacial score (nSPS) is 18.3. The number of aromatic nitrogens is 1. The molecular formula is C15H25ClN4O2S. The van der Waals surface area contributed by atoms with E-state index in [1.54, 1.807) is 0 Å². The maximum absolute atomic E-state index is 12.4. The van der Waals surface area contributed by atoms with Gasteiger partial charge in [0.25, 0.3) is 0 Å². The van der Waals surface area contributed by atoms with Crippen LogP contribution in [0.15, 0.2) is 23.2 Å². The molecule has 0 amide bonds. The van der Waals surface area contributed by atoms with Crippen LogP contribution >= 0.6 is 11.6 Å². The quantitative estimate of drug-likeness (QED) is 0.777. The number of nitrogens with zero attached hydrogens (tertiary/aromatic N) is 3. The van der Waals surface area contributed by atoms with E-state index < -0.39 is 10.0 Å². The summed E-state index contributed by atoms with van der Waals surface area (Å²) in [6, 6.07) is 2.94. The summed E-state index contributed by atoms with van der Waals surface area (Å²) in [5, 5.41) is 0.276. The molecule has 1 saturated heterocycles. The van der Waals surface area contributed by atoms with E-state index in [2.05, 4.69) is 40.3 Å². The molecule has 23 heavy (non-hydrogen) atoms. The number of pyridine rings is 1. The van der Waals surface area contributed by atoms with E-state index in [9.17, 15) is 8.42 Å². The maximum atomic E-state index is 12.4. The number of likely N-dealkylation sites (N-methyl/N-ethyl adjacent to an activating group) is 1. The molecule has 1 aliphatic rings. The van der Waals surface area contributed by atoms with E-state index in [0.29, 0.717) is 6.54 Å². The van der Waals surface area contributed by atoms with Gasteiger partial charge in [0.15, 0.2) is 0 Å². The first-order chi connectivity index (χ1) is 10.7. The SMILES string of the molecule is CCN1CCN(C(C)(C)CNS(=O)(=O)c2ccc(Cl)nc2)CC1. The minimum absolute atomic E-state index is 0.133. The Labute approximate surface area is 143 Å². The molecule has 0 bridgehead atoms. The van der Waals surface area contributed by atoms with Gasteiger partial charge in [-0.05, 0) is 32.5 Å². The molecular weight excluding hydrogens is 336 g/mol. The summed E-state index contributed by atoms with van der Waals surface area (Å²) in [4.78, 5) is 8.69. The van der Waals surface area contributed by atoms with Gasteiger partial charge in [-0.2, -0.15) is 0 Å². The molecule has 0 unspecified atom stereocenters. The number of rotatable bonds is 6. The summed E-state index contributed by atoms with van der Waals surface area (Å²) in [6.45, 7) is 11.6. The Kier molecular flexibility index (Phi) is 6.02. The van der Waals surface area contributed by atoms with Gasteiger partial charge in [0.1, 0.15) is 10.0 Å². The molecule has 1 aromatic rings. The first-order valence-corrected chi connectivity index (χ1v) is 9.69. The molecule has 0 atom stereocenters. The van der Waals surface area contributed by atoms with Crippen molar-refractivity contribution in [3.05, 3.63) is 23.5 Å². The molecule has 8 heteroatoms. The van der Waals surface area contributed by atoms with E-state index in [4.69, 9.17) is 11.6 Å². The zero-order chi connectivity index (χ0) is 17.1. The van der Waals surface area contributed by atoms with Gasteiger partial charge in [0.2, 0.25) is 10.0 Å². The lowest BCUT2D eigenvalue weighted by molar-refractivity contribution is 0.0571. The lowest BCUT2D eigenvalue weighted by atomic mass is 10.0. The third kappa shape index (κ3) is 4.87. The Bertz CT molecular complexity index is 611. The van der Waals surface area contributed by atoms with Crippen molar-refractivity contribution in [3.63, 3.8) is 0 Å². The predicted molar refractivity (Wildman–Crippen MR) is 92.2 cm³/mol. The average Bonchev–Trinajstić information content (AvgIpc) is 2.54. The van der Waals surface area contributed by atoms with Crippen molar-refractivity contribution in [2.24, 2.45) is 0 Å². The predicted octanol–water partition coefficient (Wildman–Crippen LogP) is 1.43. The van der Waals surface area contributed by atoms with Gasteiger partial charge in [-0.3, -0.25) is 4.90 Å². The third-order valence-corrected chi connectivity index (χ3v) is 5.99. The third-order valence-electron chi connectivity index (χ3n) is 4.38. The molecule has 1 N–H and O–H groups in total. The highest BCUT2D eigenvalue weighted by Gasteiger charge is 2.31. The minimum Gasteiger partial charge on any atom is -0.301 e. The molecule has 1 fully saturated rings. The number of hydrogen-bond acceptors (Lipinski definition) is 5. The van der Waals surface area contributed by atoms with Crippen LogP contribution in [0.5, 0.6) is 0 Å². The van der Waals surface area contributed by atoms with Crippen molar-refractivity contribution in [1.29, 1.82) is 0 Å². The Morgan fingerprint density at radius 3 is 2.43 bits per heavy atom. The van der Waals surface area contributed by atoms with Crippen molar-refractivity contribution in [1.82, 2.24) is 19.5 Å². The van der Waals surface area contributed by atoms with Gasteiger partial charge >= 0.3 is 0 Å². The molecule has 2 rings (SSSR count). The summed E-state index contributed by atoms with van der Waals surface area (Å²) >= 11 is 5.70. The Morgan fingerprint density at radius 2 is 1.91 bits per heavy atom. The highest BCUT2D eigenvalue weighted by molar-refractivity contribution is 7.89. The van der Waals surface area contributed by atoms with E-state index in [1.165, 1.54) is 18.3 Å². The summed E-state index contributed by atoms with van der Waals surface area (Å²) in [7, 11) is -3.57. The summed E-state index contributed by atoms with van der Waals surface area (Å²) in [6.07, 6.45) is 1.28. The van der Waals surface area contributed by atoms with Gasteiger partial charge in [0, 0.05) is 44.5 Å². The fourth-order valence-electron chi connectivity index (χ4n) is 2.66. The standard InChI is InChI=1S/C15H25ClN4O2S/c1-4-19-7-9-20(10-8-19)15(2,3)12-18-23(21,22)13-5-6-14(16)17-11-13/h5-6,11,18H,4,7-10,12H2,1-3H3. The number of nitrogens with one attached hydrogen (secondary N) is 1. The molecule has 0 aliphatic carbocycles. The summed E-state index contributed by atoms with van der Waals surface area (Å²) in [5.41, 5.74) is -0.243. The molecule has 0 spiro atoms. The van der Waals surface area contributed by atoms with Crippen LogP contribution in [0.2, 0.25) is 5.15 Å². The molecule has 1 aliphatic heterocycles. The van der Waals surface area contributed by atoms with Crippen LogP contribution in [0.1, 0.15) is 20.8 Å². The second-order valence-electron chi connectivity index (χ2n) is 6.37. The lowest BCUT2D eigenvalue weighted by Gasteiger charge is -2.44. The first-order valence-electron chi connectivity index (χ1n) is 7.83. The van der Waals surface area contributed by atoms with Crippen LogP contribution in [0.25, 0.3) is 0 Å². The maximum Gasteiger partial charge on any atom is 0.242 e. The smallest absolute Gasteiger partial charge is 0.242 e. The number of sulfonamides is 1. The Balaban J connectivity index is 1.97. The van der Waals surface area contributed by atoms with Crippen LogP contribution in [0.4, 0.5) is 0 Å². The molecule has 6 nitrogen and oxygen atoms in total. The number of piperazine rings is 1. The highest BCUT2D eigenvalue weighted by atomic mass is 35.5. The van der Waals surface area contributed by atoms with Crippen molar-refractivity contribution in [3.8, 4) is 0 Å². The van der Waals surface area contributed by atoms with Crippen molar-refractivity contribution in [2.45, 2.75) is 31.2 Å². The largest absolute Gasteiger partial charge is 0.301 e. The van der Waals surface area contributed by atoms with Crippen molar-refractivity contribution >= 4 is 21.6 Å². The highest BCUT2D eigenvalue weighted by Crippen LogP contribution is 2.18. The van der Waals surface area contributed by atoms with Crippen LogP contribution < -0.4 is 4.72 Å². The van der Waals surface area contributed by atoms with E-state index in [1.807, 2.05) is 0 Å². The van der Waals surface area contributed by atoms with Crippen LogP contribution in [0.3, 0.4) is 0 Å². The molecule has 0 aromatic carbocycles. The summed E-state index contributed by atoms with van der Waals surface area (Å²) in [5.74, 6) is 0. The molecule has 2 heterocycles. The van der Waals surface area contributed by atoms with Gasteiger partial charge in [-0.1, -0.05) is 18.5 Å². The zero-order valence-corrected chi connectivity index (χ0v) is 15.5. The lowest BCUT2D eigenvalue weighted by Crippen LogP contribution is -2.58. The fourth-order valence-corrected chi connectivity index (χ4v) is 3.92. The average molecular weight is 361 g/mol. The minimum atomic E-state index is -3.57. The number of halogens is 1. The van der Waals surface area contributed by atoms with Gasteiger partial charge < -0.3 is 4.90 Å². The van der Waals surface area contributed by atoms with Crippen LogP contribution in [-0.2, 0) is 10.0 Å². The molecule has 0 saturated carbocycles. The van der Waals surface area contributed by atoms with E-state index in [-0.39, 0.29) is 15.6 Å². The second-order valence-corrected chi connectivity index (χ2v) is 8.53. The topological polar surface area (TPSA) is 65.5 Å². The zero-order valence-electron chi connectivity index (χ0n) is 13.9.